The van der Waals surface area contributed by atoms with Crippen molar-refractivity contribution in [2.45, 2.75) is 303 Å². The number of carbonyl (C=O) groups excluding carboxylic acids is 4. The van der Waals surface area contributed by atoms with E-state index in [1.165, 1.54) is 19.3 Å². The second-order valence-corrected chi connectivity index (χ2v) is 28.8. The van der Waals surface area contributed by atoms with Gasteiger partial charge in [0.1, 0.15) is 19.3 Å². The zero-order valence-electron chi connectivity index (χ0n) is 65.5. The van der Waals surface area contributed by atoms with Gasteiger partial charge in [-0.05, 0) is 167 Å². The first kappa shape index (κ1) is 100. The molecule has 0 radical (unpaired) electrons. The highest BCUT2D eigenvalue weighted by molar-refractivity contribution is 7.47. The van der Waals surface area contributed by atoms with Crippen LogP contribution in [0.1, 0.15) is 285 Å². The molecule has 0 fully saturated rings. The highest BCUT2D eigenvalue weighted by Gasteiger charge is 2.30. The lowest BCUT2D eigenvalue weighted by atomic mass is 10.1. The SMILES string of the molecule is CC/C=C\C/C=C\C/C=C\C/C=C\C/C=C\CCCC(=O)OCC(COP(=O)(O)OCC(O)COP(=O)(O)OCC(COC(=O)CCC/C=C\C/C=C\C/C=C\C/C=C\C/C=C\CC)OC(=O)CCCCCCCCC/C=C\C/C=C\C/C=C\CC)OC(=O)CCCCCCC/C=C\C/C=C\CCCCC. The van der Waals surface area contributed by atoms with Crippen molar-refractivity contribution in [1.82, 2.24) is 0 Å². The molecular formula is C87H140O17P2. The van der Waals surface area contributed by atoms with E-state index in [-0.39, 0.29) is 25.7 Å². The van der Waals surface area contributed by atoms with Gasteiger partial charge in [-0.25, -0.2) is 9.13 Å². The Morgan fingerprint density at radius 2 is 0.500 bits per heavy atom. The van der Waals surface area contributed by atoms with Crippen LogP contribution in [-0.2, 0) is 65.4 Å². The highest BCUT2D eigenvalue weighted by Crippen LogP contribution is 2.45. The van der Waals surface area contributed by atoms with Crippen LogP contribution in [-0.4, -0.2) is 96.7 Å². The van der Waals surface area contributed by atoms with Crippen molar-refractivity contribution in [3.8, 4) is 0 Å². The summed E-state index contributed by atoms with van der Waals surface area (Å²) in [6.07, 6.45) is 93.1. The molecule has 19 heteroatoms. The average Bonchev–Trinajstić information content (AvgIpc) is 0.901. The molecule has 0 spiro atoms. The molecule has 0 aliphatic heterocycles. The number of unbranched alkanes of at least 4 members (excludes halogenated alkanes) is 17. The summed E-state index contributed by atoms with van der Waals surface area (Å²) in [5, 5.41) is 10.6. The minimum atomic E-state index is -5.01. The number of phosphoric acid groups is 2. The average molecular weight is 1520 g/mol. The van der Waals surface area contributed by atoms with E-state index in [0.29, 0.717) is 38.5 Å². The van der Waals surface area contributed by atoms with Gasteiger partial charge in [0.05, 0.1) is 26.4 Å². The number of ether oxygens (including phenoxy) is 4. The predicted molar refractivity (Wildman–Crippen MR) is 436 cm³/mol. The smallest absolute Gasteiger partial charge is 0.462 e. The van der Waals surface area contributed by atoms with Crippen molar-refractivity contribution in [2.24, 2.45) is 0 Å². The number of carbonyl (C=O) groups is 4. The molecule has 106 heavy (non-hydrogen) atoms. The highest BCUT2D eigenvalue weighted by atomic mass is 31.2. The van der Waals surface area contributed by atoms with E-state index in [1.54, 1.807) is 0 Å². The number of hydrogen-bond donors (Lipinski definition) is 3. The third kappa shape index (κ3) is 76.4. The fraction of sp³-hybridized carbons (Fsp3) is 0.609. The number of aliphatic hydroxyl groups excluding tert-OH is 1. The molecular weight excluding hydrogens is 1380 g/mol. The van der Waals surface area contributed by atoms with Gasteiger partial charge in [-0.1, -0.05) is 274 Å². The van der Waals surface area contributed by atoms with Crippen LogP contribution in [0.5, 0.6) is 0 Å². The van der Waals surface area contributed by atoms with Gasteiger partial charge in [-0.2, -0.15) is 0 Å². The molecule has 5 atom stereocenters. The molecule has 5 unspecified atom stereocenters. The minimum absolute atomic E-state index is 0.0589. The lowest BCUT2D eigenvalue weighted by Gasteiger charge is -2.21. The molecule has 0 saturated carbocycles. The van der Waals surface area contributed by atoms with E-state index in [9.17, 15) is 43.2 Å². The topological polar surface area (TPSA) is 237 Å². The van der Waals surface area contributed by atoms with E-state index < -0.39 is 97.5 Å². The van der Waals surface area contributed by atoms with Crippen molar-refractivity contribution >= 4 is 39.5 Å². The molecule has 0 bridgehead atoms. The Labute approximate surface area is 641 Å². The molecule has 0 rings (SSSR count). The summed E-state index contributed by atoms with van der Waals surface area (Å²) in [6.45, 7) is 4.34. The van der Waals surface area contributed by atoms with Gasteiger partial charge in [-0.15, -0.1) is 0 Å². The standard InChI is InChI=1S/C87H140O17P2/c1-5-9-13-17-21-25-29-33-37-40-44-47-51-55-59-63-67-71-84(89)97-77-82(103-86(91)73-69-65-61-57-53-49-43-36-32-28-24-20-16-12-8-4)79-101-105(93,94)99-75-81(88)76-100-106(95,96)102-80-83(104-87(92)74-70-66-62-58-54-50-46-42-39-35-31-27-23-19-15-11-7-3)78-98-85(90)72-68-64-60-56-52-48-45-41-38-34-30-26-22-18-14-10-6-2/h9-11,13-15,21-28,33-39,43-45,47-48,55-56,59-60,81-83,88H,5-8,12,16-20,29-32,40-42,46,49-54,57-58,61-80H2,1-4H3,(H,93,94)(H,95,96)/b13-9-,14-10-,15-11-,25-21-,26-22-,27-23-,28-24-,37-33-,38-34-,39-35-,43-36-,47-44-,48-45-,59-55-,60-56-. The van der Waals surface area contributed by atoms with E-state index in [0.717, 1.165) is 173 Å². The fourth-order valence-corrected chi connectivity index (χ4v) is 11.4. The van der Waals surface area contributed by atoms with Gasteiger partial charge >= 0.3 is 39.5 Å². The Kier molecular flexibility index (Phi) is 73.1. The lowest BCUT2D eigenvalue weighted by Crippen LogP contribution is -2.30. The third-order valence-electron chi connectivity index (χ3n) is 15.8. The maximum atomic E-state index is 13.1. The van der Waals surface area contributed by atoms with Crippen molar-refractivity contribution in [3.63, 3.8) is 0 Å². The molecule has 3 N–H and O–H groups in total. The van der Waals surface area contributed by atoms with Gasteiger partial charge in [0.15, 0.2) is 12.2 Å². The number of esters is 4. The Hall–Kier alpha value is -5.84. The van der Waals surface area contributed by atoms with Gasteiger partial charge in [0.2, 0.25) is 0 Å². The van der Waals surface area contributed by atoms with Gasteiger partial charge < -0.3 is 33.8 Å². The first-order valence-corrected chi connectivity index (χ1v) is 43.0. The summed E-state index contributed by atoms with van der Waals surface area (Å²) in [4.78, 5) is 73.0. The molecule has 600 valence electrons. The molecule has 0 amide bonds. The molecule has 17 nitrogen and oxygen atoms in total. The zero-order chi connectivity index (χ0) is 77.4. The zero-order valence-corrected chi connectivity index (χ0v) is 67.3. The summed E-state index contributed by atoms with van der Waals surface area (Å²) >= 11 is 0. The summed E-state index contributed by atoms with van der Waals surface area (Å²) in [6, 6.07) is 0. The number of rotatable bonds is 73. The van der Waals surface area contributed by atoms with E-state index in [1.807, 2.05) is 24.3 Å². The second-order valence-electron chi connectivity index (χ2n) is 25.9. The van der Waals surface area contributed by atoms with Crippen molar-refractivity contribution < 1.29 is 80.2 Å². The fourth-order valence-electron chi connectivity index (χ4n) is 9.86. The molecule has 0 aromatic rings. The maximum absolute atomic E-state index is 13.1. The van der Waals surface area contributed by atoms with Crippen LogP contribution in [0.15, 0.2) is 182 Å². The lowest BCUT2D eigenvalue weighted by molar-refractivity contribution is -0.161. The Morgan fingerprint density at radius 1 is 0.274 bits per heavy atom. The third-order valence-corrected chi connectivity index (χ3v) is 17.7. The first-order chi connectivity index (χ1) is 51.7. The summed E-state index contributed by atoms with van der Waals surface area (Å²) < 4.78 is 68.5. The van der Waals surface area contributed by atoms with Gasteiger partial charge in [-0.3, -0.25) is 37.3 Å². The summed E-state index contributed by atoms with van der Waals surface area (Å²) in [5.74, 6) is -2.35. The van der Waals surface area contributed by atoms with E-state index in [2.05, 4.69) is 186 Å². The summed E-state index contributed by atoms with van der Waals surface area (Å²) in [5.41, 5.74) is 0. The van der Waals surface area contributed by atoms with Crippen LogP contribution in [0.2, 0.25) is 0 Å². The number of aliphatic hydroxyl groups is 1. The molecule has 0 heterocycles. The Morgan fingerprint density at radius 3 is 0.783 bits per heavy atom. The van der Waals surface area contributed by atoms with Crippen LogP contribution >= 0.6 is 15.6 Å². The molecule has 0 aliphatic carbocycles. The van der Waals surface area contributed by atoms with Crippen LogP contribution in [0.3, 0.4) is 0 Å². The van der Waals surface area contributed by atoms with Crippen LogP contribution in [0.25, 0.3) is 0 Å². The van der Waals surface area contributed by atoms with Crippen molar-refractivity contribution in [2.75, 3.05) is 39.6 Å². The van der Waals surface area contributed by atoms with Crippen LogP contribution in [0.4, 0.5) is 0 Å². The number of hydrogen-bond acceptors (Lipinski definition) is 15. The van der Waals surface area contributed by atoms with Gasteiger partial charge in [0, 0.05) is 25.7 Å². The normalized spacial score (nSPS) is 14.8. The molecule has 0 aromatic carbocycles. The predicted octanol–water partition coefficient (Wildman–Crippen LogP) is 23.6. The van der Waals surface area contributed by atoms with E-state index >= 15 is 0 Å². The monoisotopic (exact) mass is 1520 g/mol. The first-order valence-electron chi connectivity index (χ1n) is 40.0. The van der Waals surface area contributed by atoms with Gasteiger partial charge in [0.25, 0.3) is 0 Å². The van der Waals surface area contributed by atoms with Crippen LogP contribution < -0.4 is 0 Å². The van der Waals surface area contributed by atoms with Crippen molar-refractivity contribution in [3.05, 3.63) is 182 Å². The number of allylic oxidation sites excluding steroid dienone is 30. The molecule has 0 aliphatic rings. The molecule has 0 aromatic heterocycles. The van der Waals surface area contributed by atoms with Crippen LogP contribution in [0, 0.1) is 0 Å². The largest absolute Gasteiger partial charge is 0.472 e. The quantitative estimate of drug-likeness (QED) is 0.0169. The number of phosphoric ester groups is 2. The van der Waals surface area contributed by atoms with Crippen molar-refractivity contribution in [1.29, 1.82) is 0 Å². The molecule has 0 saturated heterocycles. The minimum Gasteiger partial charge on any atom is -0.462 e. The Bertz CT molecular complexity index is 2730. The second kappa shape index (κ2) is 77.3. The Balaban J connectivity index is 5.51. The summed E-state index contributed by atoms with van der Waals surface area (Å²) in [7, 11) is -10.0. The maximum Gasteiger partial charge on any atom is 0.472 e. The van der Waals surface area contributed by atoms with E-state index in [4.69, 9.17) is 37.0 Å².